The summed E-state index contributed by atoms with van der Waals surface area (Å²) in [6.07, 6.45) is -0.00639. The Hall–Kier alpha value is -1.15. The van der Waals surface area contributed by atoms with Gasteiger partial charge in [-0.2, -0.15) is 0 Å². The van der Waals surface area contributed by atoms with Gasteiger partial charge in [0.05, 0.1) is 0 Å². The number of likely N-dealkylation sites (tertiary alicyclic amines) is 1. The lowest BCUT2D eigenvalue weighted by molar-refractivity contribution is -0.110. The Labute approximate surface area is 113 Å². The average Bonchev–Trinajstić information content (AvgIpc) is 2.72. The van der Waals surface area contributed by atoms with Crippen LogP contribution >= 0.6 is 10.2 Å². The molecule has 1 heterocycles. The third-order valence-corrected chi connectivity index (χ3v) is 5.02. The summed E-state index contributed by atoms with van der Waals surface area (Å²) < 4.78 is 64.4. The van der Waals surface area contributed by atoms with Gasteiger partial charge in [0.15, 0.2) is 0 Å². The molecule has 114 valence electrons. The summed E-state index contributed by atoms with van der Waals surface area (Å²) >= 11 is 0. The molecule has 1 saturated heterocycles. The van der Waals surface area contributed by atoms with E-state index in [-0.39, 0.29) is 19.4 Å². The number of hydrogen-bond donors (Lipinski definition) is 0. The molecule has 0 amide bonds. The molecule has 1 aliphatic heterocycles. The maximum Gasteiger partial charge on any atom is 0.290 e. The van der Waals surface area contributed by atoms with Crippen molar-refractivity contribution in [3.8, 4) is 0 Å². The molecule has 1 aliphatic rings. The highest BCUT2D eigenvalue weighted by atomic mass is 32.5. The van der Waals surface area contributed by atoms with E-state index in [0.717, 1.165) is 5.56 Å². The summed E-state index contributed by atoms with van der Waals surface area (Å²) in [6, 6.07) is 8.57. The first-order chi connectivity index (χ1) is 8.99. The van der Waals surface area contributed by atoms with Crippen molar-refractivity contribution in [3.63, 3.8) is 0 Å². The highest BCUT2D eigenvalue weighted by molar-refractivity contribution is 8.46. The fourth-order valence-corrected chi connectivity index (χ4v) is 3.76. The summed E-state index contributed by atoms with van der Waals surface area (Å²) in [5.74, 6) is -1.70. The van der Waals surface area contributed by atoms with Crippen LogP contribution in [0.5, 0.6) is 0 Å². The van der Waals surface area contributed by atoms with Crippen molar-refractivity contribution in [2.24, 2.45) is 5.92 Å². The predicted molar refractivity (Wildman–Crippen MR) is 68.2 cm³/mol. The van der Waals surface area contributed by atoms with E-state index >= 15 is 0 Å². The Morgan fingerprint density at radius 2 is 1.70 bits per heavy atom. The predicted octanol–water partition coefficient (Wildman–Crippen LogP) is 3.98. The molecule has 1 aromatic carbocycles. The van der Waals surface area contributed by atoms with Gasteiger partial charge in [-0.05, 0) is 5.56 Å². The lowest BCUT2D eigenvalue weighted by atomic mass is 10.1. The number of carbonyl (C=O) groups excluding carboxylic acids is 1. The summed E-state index contributed by atoms with van der Waals surface area (Å²) in [6.45, 7) is -1.01. The van der Waals surface area contributed by atoms with E-state index in [1.54, 1.807) is 30.3 Å². The monoisotopic (exact) mass is 315 g/mol. The molecule has 0 saturated carbocycles. The average molecular weight is 315 g/mol. The van der Waals surface area contributed by atoms with Crippen LogP contribution in [0, 0.1) is 5.92 Å². The van der Waals surface area contributed by atoms with Crippen molar-refractivity contribution in [1.29, 1.82) is 0 Å². The van der Waals surface area contributed by atoms with Crippen molar-refractivity contribution in [1.82, 2.24) is 4.90 Å². The molecular formula is C12H14F5NOS. The van der Waals surface area contributed by atoms with Crippen LogP contribution in [-0.4, -0.2) is 29.5 Å². The maximum atomic E-state index is 12.9. The zero-order chi connectivity index (χ0) is 15.1. The van der Waals surface area contributed by atoms with Gasteiger partial charge >= 0.3 is 0 Å². The summed E-state index contributed by atoms with van der Waals surface area (Å²) in [4.78, 5) is 12.0. The van der Waals surface area contributed by atoms with Gasteiger partial charge < -0.3 is 4.79 Å². The lowest BCUT2D eigenvalue weighted by Crippen LogP contribution is -2.33. The molecule has 1 fully saturated rings. The van der Waals surface area contributed by atoms with Crippen molar-refractivity contribution in [2.45, 2.75) is 11.8 Å². The lowest BCUT2D eigenvalue weighted by Gasteiger charge is -2.46. The molecule has 0 aromatic heterocycles. The summed E-state index contributed by atoms with van der Waals surface area (Å²) in [5.41, 5.74) is 0.722. The quantitative estimate of drug-likeness (QED) is 0.619. The molecule has 0 bridgehead atoms. The van der Waals surface area contributed by atoms with Gasteiger partial charge in [-0.25, -0.2) is 0 Å². The molecule has 0 spiro atoms. The van der Waals surface area contributed by atoms with Crippen molar-refractivity contribution >= 4 is 16.5 Å². The van der Waals surface area contributed by atoms with Crippen molar-refractivity contribution < 1.29 is 24.2 Å². The third-order valence-electron chi connectivity index (χ3n) is 3.38. The third kappa shape index (κ3) is 3.49. The van der Waals surface area contributed by atoms with E-state index in [1.165, 1.54) is 4.90 Å². The molecule has 0 aliphatic carbocycles. The van der Waals surface area contributed by atoms with Crippen LogP contribution in [0.2, 0.25) is 0 Å². The van der Waals surface area contributed by atoms with Crippen LogP contribution in [0.4, 0.5) is 19.4 Å². The number of rotatable bonds is 4. The van der Waals surface area contributed by atoms with Crippen molar-refractivity contribution in [3.05, 3.63) is 35.9 Å². The number of aldehydes is 1. The molecular weight excluding hydrogens is 301 g/mol. The highest BCUT2D eigenvalue weighted by Crippen LogP contribution is 3.01. The van der Waals surface area contributed by atoms with Crippen LogP contribution in [0.1, 0.15) is 5.56 Å². The van der Waals surface area contributed by atoms with Crippen LogP contribution in [-0.2, 0) is 11.3 Å². The van der Waals surface area contributed by atoms with E-state index in [1.807, 2.05) is 0 Å². The minimum atomic E-state index is -9.65. The number of carbonyl (C=O) groups is 1. The molecule has 2 rings (SSSR count). The van der Waals surface area contributed by atoms with Gasteiger partial charge in [0.1, 0.15) is 11.5 Å². The molecule has 0 radical (unpaired) electrons. The van der Waals surface area contributed by atoms with Gasteiger partial charge in [-0.15, -0.1) is 0 Å². The molecule has 0 unspecified atom stereocenters. The standard InChI is InChI=1S/C12H14F5NOS/c13-20(14,15,16,17)12-8-18(7-11(12)9-19)6-10-4-2-1-3-5-10/h1-5,9,11-12H,6-8H2/t11-,12+/m0/s1. The molecule has 0 N–H and O–H groups in total. The molecule has 2 nitrogen and oxygen atoms in total. The van der Waals surface area contributed by atoms with E-state index < -0.39 is 27.9 Å². The second-order valence-electron chi connectivity index (χ2n) is 5.05. The van der Waals surface area contributed by atoms with Gasteiger partial charge in [0.25, 0.3) is 10.2 Å². The largest absolute Gasteiger partial charge is 0.303 e. The fourth-order valence-electron chi connectivity index (χ4n) is 2.45. The van der Waals surface area contributed by atoms with E-state index in [2.05, 4.69) is 0 Å². The first-order valence-electron chi connectivity index (χ1n) is 5.94. The van der Waals surface area contributed by atoms with Gasteiger partial charge in [-0.1, -0.05) is 49.8 Å². The molecule has 20 heavy (non-hydrogen) atoms. The van der Waals surface area contributed by atoms with E-state index in [0.29, 0.717) is 0 Å². The fraction of sp³-hybridized carbons (Fsp3) is 0.417. The minimum Gasteiger partial charge on any atom is -0.303 e. The second kappa shape index (κ2) is 4.17. The molecule has 1 aromatic rings. The maximum absolute atomic E-state index is 12.9. The first-order valence-corrected chi connectivity index (χ1v) is 7.95. The number of hydrogen-bond acceptors (Lipinski definition) is 2. The SMILES string of the molecule is O=C[C@@H]1CN(Cc2ccccc2)C[C@H]1S(F)(F)(F)(F)F. The zero-order valence-electron chi connectivity index (χ0n) is 10.4. The van der Waals surface area contributed by atoms with Crippen molar-refractivity contribution in [2.75, 3.05) is 13.1 Å². The number of benzene rings is 1. The van der Waals surface area contributed by atoms with Crippen LogP contribution < -0.4 is 0 Å². The topological polar surface area (TPSA) is 20.3 Å². The number of halogens is 5. The van der Waals surface area contributed by atoms with Crippen LogP contribution in [0.15, 0.2) is 30.3 Å². The second-order valence-corrected chi connectivity index (χ2v) is 7.71. The van der Waals surface area contributed by atoms with Gasteiger partial charge in [0.2, 0.25) is 0 Å². The Kier molecular flexibility index (Phi) is 3.18. The molecule has 8 heteroatoms. The van der Waals surface area contributed by atoms with Gasteiger partial charge in [-0.3, -0.25) is 4.90 Å². The van der Waals surface area contributed by atoms with Gasteiger partial charge in [0, 0.05) is 25.6 Å². The van der Waals surface area contributed by atoms with E-state index in [4.69, 9.17) is 0 Å². The summed E-state index contributed by atoms with van der Waals surface area (Å²) in [5, 5.41) is -2.85. The Morgan fingerprint density at radius 3 is 2.15 bits per heavy atom. The normalized spacial score (nSPS) is 27.9. The Morgan fingerprint density at radius 1 is 1.10 bits per heavy atom. The van der Waals surface area contributed by atoms with E-state index in [9.17, 15) is 24.2 Å². The highest BCUT2D eigenvalue weighted by Gasteiger charge is 2.73. The smallest absolute Gasteiger partial charge is 0.290 e. The Balaban J connectivity index is 2.17. The molecule has 2 atom stereocenters. The Bertz CT molecular complexity index is 503. The van der Waals surface area contributed by atoms with Crippen LogP contribution in [0.3, 0.4) is 0 Å². The van der Waals surface area contributed by atoms with Crippen LogP contribution in [0.25, 0.3) is 0 Å². The summed E-state index contributed by atoms with van der Waals surface area (Å²) in [7, 11) is -9.65. The number of nitrogens with zero attached hydrogens (tertiary/aromatic N) is 1. The zero-order valence-corrected chi connectivity index (χ0v) is 11.2. The minimum absolute atomic E-state index is 0.00639. The first kappa shape index (κ1) is 15.2.